The molecule has 204 valence electrons. The van der Waals surface area contributed by atoms with E-state index in [0.29, 0.717) is 38.0 Å². The molecule has 0 spiro atoms. The average molecular weight is 625 g/mol. The molecular weight excluding hydrogens is 602 g/mol. The van der Waals surface area contributed by atoms with Gasteiger partial charge in [-0.1, -0.05) is 29.8 Å². The van der Waals surface area contributed by atoms with Gasteiger partial charge in [-0.25, -0.2) is 9.78 Å². The summed E-state index contributed by atoms with van der Waals surface area (Å²) < 4.78 is 23.9. The fraction of sp³-hybridized carbons (Fsp3) is 0.172. The number of benzene rings is 3. The maximum Gasteiger partial charge on any atom is 0.347 e. The van der Waals surface area contributed by atoms with Crippen molar-refractivity contribution in [3.63, 3.8) is 0 Å². The number of halogens is 2. The van der Waals surface area contributed by atoms with Crippen molar-refractivity contribution in [3.8, 4) is 23.1 Å². The smallest absolute Gasteiger partial charge is 0.347 e. The standard InChI is InChI=1S/C29H23BrClN3O6/c1-4-38-29(36)16(2)39-26-20(30)12-17(13-21(26)31)15-32-34-27(33-22-9-6-5-8-18(22)28(34)35)25-14-19-23(37-3)10-7-11-24(19)40-25/h5-16H,4H2,1-3H3/t16-/m1/s1. The summed E-state index contributed by atoms with van der Waals surface area (Å²) in [4.78, 5) is 30.2. The van der Waals surface area contributed by atoms with Crippen molar-refractivity contribution in [3.05, 3.63) is 86.1 Å². The number of ether oxygens (including phenoxy) is 3. The molecule has 0 aliphatic rings. The Bertz CT molecular complexity index is 1810. The number of esters is 1. The number of aromatic nitrogens is 2. The fourth-order valence-electron chi connectivity index (χ4n) is 4.09. The molecule has 0 radical (unpaired) electrons. The van der Waals surface area contributed by atoms with Crippen LogP contribution < -0.4 is 15.0 Å². The molecule has 0 aliphatic heterocycles. The Balaban J connectivity index is 1.57. The number of nitrogens with zero attached hydrogens (tertiary/aromatic N) is 3. The van der Waals surface area contributed by atoms with Gasteiger partial charge in [-0.15, -0.1) is 0 Å². The minimum atomic E-state index is -0.861. The van der Waals surface area contributed by atoms with Gasteiger partial charge in [0.1, 0.15) is 11.3 Å². The van der Waals surface area contributed by atoms with Crippen LogP contribution in [0, 0.1) is 0 Å². The summed E-state index contributed by atoms with van der Waals surface area (Å²) in [7, 11) is 1.58. The summed E-state index contributed by atoms with van der Waals surface area (Å²) in [6.07, 6.45) is 0.611. The maximum absolute atomic E-state index is 13.6. The van der Waals surface area contributed by atoms with Gasteiger partial charge in [0, 0.05) is 0 Å². The molecule has 0 unspecified atom stereocenters. The minimum absolute atomic E-state index is 0.214. The van der Waals surface area contributed by atoms with Gasteiger partial charge < -0.3 is 18.6 Å². The molecule has 0 bridgehead atoms. The van der Waals surface area contributed by atoms with Crippen LogP contribution in [-0.2, 0) is 9.53 Å². The second kappa shape index (κ2) is 11.5. The van der Waals surface area contributed by atoms with Crippen LogP contribution in [0.5, 0.6) is 11.5 Å². The third-order valence-electron chi connectivity index (χ3n) is 5.97. The number of hydrogen-bond acceptors (Lipinski definition) is 8. The Morgan fingerprint density at radius 1 is 1.18 bits per heavy atom. The molecule has 11 heteroatoms. The molecule has 40 heavy (non-hydrogen) atoms. The van der Waals surface area contributed by atoms with Gasteiger partial charge in [-0.3, -0.25) is 4.79 Å². The quantitative estimate of drug-likeness (QED) is 0.144. The molecule has 2 heterocycles. The van der Waals surface area contributed by atoms with Gasteiger partial charge in [-0.05, 0) is 77.8 Å². The Hall–Kier alpha value is -4.15. The van der Waals surface area contributed by atoms with Crippen LogP contribution in [-0.4, -0.2) is 41.7 Å². The highest BCUT2D eigenvalue weighted by atomic mass is 79.9. The number of rotatable bonds is 8. The van der Waals surface area contributed by atoms with Crippen LogP contribution in [0.1, 0.15) is 19.4 Å². The topological polar surface area (TPSA) is 105 Å². The summed E-state index contributed by atoms with van der Waals surface area (Å²) in [6, 6.07) is 17.5. The minimum Gasteiger partial charge on any atom is -0.496 e. The van der Waals surface area contributed by atoms with Crippen molar-refractivity contribution < 1.29 is 23.4 Å². The zero-order chi connectivity index (χ0) is 28.4. The van der Waals surface area contributed by atoms with E-state index in [1.807, 2.05) is 12.1 Å². The van der Waals surface area contributed by atoms with Crippen molar-refractivity contribution in [1.29, 1.82) is 0 Å². The molecule has 3 aromatic carbocycles. The van der Waals surface area contributed by atoms with E-state index in [1.54, 1.807) is 69.5 Å². The second-order valence-corrected chi connectivity index (χ2v) is 9.88. The lowest BCUT2D eigenvalue weighted by molar-refractivity contribution is -0.150. The van der Waals surface area contributed by atoms with Crippen molar-refractivity contribution >= 4 is 61.6 Å². The van der Waals surface area contributed by atoms with Crippen molar-refractivity contribution in [1.82, 2.24) is 9.66 Å². The molecule has 0 saturated carbocycles. The van der Waals surface area contributed by atoms with Crippen molar-refractivity contribution in [2.75, 3.05) is 13.7 Å². The van der Waals surface area contributed by atoms with Crippen LogP contribution in [0.2, 0.25) is 5.02 Å². The lowest BCUT2D eigenvalue weighted by Crippen LogP contribution is -2.26. The Labute approximate surface area is 242 Å². The van der Waals surface area contributed by atoms with Crippen LogP contribution in [0.25, 0.3) is 33.5 Å². The number of para-hydroxylation sites is 1. The predicted octanol–water partition coefficient (Wildman–Crippen LogP) is 6.45. The first-order valence-electron chi connectivity index (χ1n) is 12.3. The van der Waals surface area contributed by atoms with Gasteiger partial charge in [-0.2, -0.15) is 9.78 Å². The molecule has 1 atom stereocenters. The van der Waals surface area contributed by atoms with E-state index in [4.69, 9.17) is 35.2 Å². The van der Waals surface area contributed by atoms with Gasteiger partial charge in [0.15, 0.2) is 17.6 Å². The summed E-state index contributed by atoms with van der Waals surface area (Å²) in [5, 5.41) is 5.84. The molecule has 2 aromatic heterocycles. The number of methoxy groups -OCH3 is 1. The maximum atomic E-state index is 13.6. The van der Waals surface area contributed by atoms with E-state index in [0.717, 1.165) is 5.39 Å². The van der Waals surface area contributed by atoms with Crippen LogP contribution in [0.3, 0.4) is 0 Å². The monoisotopic (exact) mass is 623 g/mol. The van der Waals surface area contributed by atoms with E-state index in [2.05, 4.69) is 21.0 Å². The van der Waals surface area contributed by atoms with Crippen molar-refractivity contribution in [2.45, 2.75) is 20.0 Å². The summed E-state index contributed by atoms with van der Waals surface area (Å²) in [5.74, 6) is 0.961. The van der Waals surface area contributed by atoms with Gasteiger partial charge in [0.25, 0.3) is 5.56 Å². The molecule has 5 rings (SSSR count). The van der Waals surface area contributed by atoms with E-state index in [1.165, 1.54) is 10.9 Å². The highest BCUT2D eigenvalue weighted by Gasteiger charge is 2.20. The van der Waals surface area contributed by atoms with Gasteiger partial charge in [0.2, 0.25) is 5.82 Å². The number of furan rings is 1. The number of hydrogen-bond donors (Lipinski definition) is 0. The number of carbonyl (C=O) groups is 1. The fourth-order valence-corrected chi connectivity index (χ4v) is 5.05. The molecule has 9 nitrogen and oxygen atoms in total. The zero-order valence-corrected chi connectivity index (χ0v) is 24.0. The van der Waals surface area contributed by atoms with Gasteiger partial charge >= 0.3 is 5.97 Å². The first-order valence-corrected chi connectivity index (χ1v) is 13.4. The molecule has 0 N–H and O–H groups in total. The third kappa shape index (κ3) is 5.32. The predicted molar refractivity (Wildman–Crippen MR) is 157 cm³/mol. The molecule has 0 aliphatic carbocycles. The second-order valence-electron chi connectivity index (χ2n) is 8.62. The average Bonchev–Trinajstić information content (AvgIpc) is 3.39. The lowest BCUT2D eigenvalue weighted by Gasteiger charge is -2.16. The zero-order valence-electron chi connectivity index (χ0n) is 21.7. The largest absolute Gasteiger partial charge is 0.496 e. The van der Waals surface area contributed by atoms with Crippen LogP contribution >= 0.6 is 27.5 Å². The normalized spacial score (nSPS) is 12.2. The Morgan fingerprint density at radius 3 is 2.73 bits per heavy atom. The van der Waals surface area contributed by atoms with E-state index in [9.17, 15) is 9.59 Å². The number of carbonyl (C=O) groups excluding carboxylic acids is 1. The first kappa shape index (κ1) is 27.4. The summed E-state index contributed by atoms with van der Waals surface area (Å²) in [5.41, 5.74) is 1.27. The molecule has 0 saturated heterocycles. The van der Waals surface area contributed by atoms with Crippen molar-refractivity contribution in [2.24, 2.45) is 5.10 Å². The molecular formula is C29H23BrClN3O6. The lowest BCUT2D eigenvalue weighted by atomic mass is 10.2. The third-order valence-corrected chi connectivity index (χ3v) is 6.84. The molecule has 0 fully saturated rings. The van der Waals surface area contributed by atoms with Crippen LogP contribution in [0.4, 0.5) is 0 Å². The summed E-state index contributed by atoms with van der Waals surface area (Å²) >= 11 is 9.92. The van der Waals surface area contributed by atoms with E-state index >= 15 is 0 Å². The SMILES string of the molecule is CCOC(=O)[C@@H](C)Oc1c(Cl)cc(C=Nn2c(-c3cc4c(OC)cccc4o3)nc3ccccc3c2=O)cc1Br. The summed E-state index contributed by atoms with van der Waals surface area (Å²) in [6.45, 7) is 3.53. The molecule has 5 aromatic rings. The number of fused-ring (bicyclic) bond motifs is 2. The molecule has 0 amide bonds. The Kier molecular flexibility index (Phi) is 7.90. The Morgan fingerprint density at radius 2 is 1.98 bits per heavy atom. The van der Waals surface area contributed by atoms with Gasteiger partial charge in [0.05, 0.1) is 45.7 Å². The van der Waals surface area contributed by atoms with E-state index in [-0.39, 0.29) is 28.8 Å². The first-order chi connectivity index (χ1) is 19.3. The van der Waals surface area contributed by atoms with Crippen LogP contribution in [0.15, 0.2) is 79.4 Å². The van der Waals surface area contributed by atoms with E-state index < -0.39 is 12.1 Å². The highest BCUT2D eigenvalue weighted by molar-refractivity contribution is 9.10. The highest BCUT2D eigenvalue weighted by Crippen LogP contribution is 2.35.